The predicted octanol–water partition coefficient (Wildman–Crippen LogP) is 12.9. The van der Waals surface area contributed by atoms with Crippen LogP contribution in [-0.2, 0) is 5.41 Å². The molecule has 0 amide bonds. The standard InChI is InChI=1S/C46H34N2/c1-46(2)40-19-10-17-37(40)38-27-26-35(29-41(38)46)47(32-14-4-3-5-15-32)33-22-24-34(25-23-33)48-42-20-9-13-31-12-8-18-39(44(31)42)45-36-16-7-6-11-30(36)21-28-43(45)48/h3-18,20-29H,19H2,1-2H3. The topological polar surface area (TPSA) is 6.48 Å². The van der Waals surface area contributed by atoms with Crippen molar-refractivity contribution in [2.24, 2.45) is 0 Å². The molecule has 0 spiro atoms. The lowest BCUT2D eigenvalue weighted by Crippen LogP contribution is -2.18. The third kappa shape index (κ3) is 3.80. The molecule has 0 fully saturated rings. The predicted molar refractivity (Wildman–Crippen MR) is 204 cm³/mol. The summed E-state index contributed by atoms with van der Waals surface area (Å²) in [6.45, 7) is 4.76. The second-order valence-electron chi connectivity index (χ2n) is 13.7. The first-order valence-corrected chi connectivity index (χ1v) is 16.9. The first-order valence-electron chi connectivity index (χ1n) is 16.9. The van der Waals surface area contributed by atoms with Crippen molar-refractivity contribution in [1.82, 2.24) is 0 Å². The fourth-order valence-electron chi connectivity index (χ4n) is 8.56. The van der Waals surface area contributed by atoms with Gasteiger partial charge in [-0.2, -0.15) is 0 Å². The molecule has 228 valence electrons. The normalized spacial score (nSPS) is 15.2. The van der Waals surface area contributed by atoms with E-state index in [1.165, 1.54) is 72.0 Å². The number of allylic oxidation sites excluding steroid dienone is 4. The summed E-state index contributed by atoms with van der Waals surface area (Å²) < 4.78 is 0. The maximum absolute atomic E-state index is 2.45. The molecule has 10 rings (SSSR count). The van der Waals surface area contributed by atoms with Gasteiger partial charge in [-0.25, -0.2) is 0 Å². The van der Waals surface area contributed by atoms with E-state index in [0.717, 1.165) is 23.5 Å². The zero-order chi connectivity index (χ0) is 32.0. The molecular weight excluding hydrogens is 581 g/mol. The smallest absolute Gasteiger partial charge is 0.0547 e. The van der Waals surface area contributed by atoms with E-state index in [-0.39, 0.29) is 5.41 Å². The van der Waals surface area contributed by atoms with E-state index in [9.17, 15) is 0 Å². The van der Waals surface area contributed by atoms with E-state index in [2.05, 4.69) is 181 Å². The highest BCUT2D eigenvalue weighted by molar-refractivity contribution is 6.19. The minimum atomic E-state index is 0.0134. The number of hydrogen-bond acceptors (Lipinski definition) is 2. The lowest BCUT2D eigenvalue weighted by molar-refractivity contribution is 0.627. The lowest BCUT2D eigenvalue weighted by Gasteiger charge is -2.34. The minimum absolute atomic E-state index is 0.0134. The molecule has 3 aliphatic rings. The zero-order valence-corrected chi connectivity index (χ0v) is 27.1. The van der Waals surface area contributed by atoms with Crippen LogP contribution in [0.4, 0.5) is 34.1 Å². The summed E-state index contributed by atoms with van der Waals surface area (Å²) in [4.78, 5) is 4.85. The van der Waals surface area contributed by atoms with E-state index in [4.69, 9.17) is 0 Å². The molecule has 2 nitrogen and oxygen atoms in total. The molecule has 1 heterocycles. The molecular formula is C46H34N2. The monoisotopic (exact) mass is 614 g/mol. The Bertz CT molecular complexity index is 2490. The highest BCUT2D eigenvalue weighted by Crippen LogP contribution is 2.54. The molecule has 48 heavy (non-hydrogen) atoms. The second kappa shape index (κ2) is 10.1. The van der Waals surface area contributed by atoms with Gasteiger partial charge in [0.25, 0.3) is 0 Å². The molecule has 1 aliphatic heterocycles. The zero-order valence-electron chi connectivity index (χ0n) is 27.1. The molecule has 0 atom stereocenters. The van der Waals surface area contributed by atoms with Crippen molar-refractivity contribution in [3.63, 3.8) is 0 Å². The number of para-hydroxylation sites is 1. The molecule has 7 aromatic carbocycles. The van der Waals surface area contributed by atoms with E-state index < -0.39 is 0 Å². The molecule has 0 aromatic heterocycles. The van der Waals surface area contributed by atoms with Gasteiger partial charge in [-0.1, -0.05) is 111 Å². The van der Waals surface area contributed by atoms with Crippen LogP contribution in [0.15, 0.2) is 163 Å². The molecule has 0 saturated carbocycles. The molecule has 0 bridgehead atoms. The van der Waals surface area contributed by atoms with Crippen molar-refractivity contribution in [2.75, 3.05) is 9.80 Å². The highest BCUT2D eigenvalue weighted by Gasteiger charge is 2.38. The average molecular weight is 615 g/mol. The number of nitrogens with zero attached hydrogens (tertiary/aromatic N) is 2. The first-order chi connectivity index (χ1) is 23.6. The van der Waals surface area contributed by atoms with Crippen LogP contribution in [0, 0.1) is 0 Å². The van der Waals surface area contributed by atoms with Gasteiger partial charge in [-0.3, -0.25) is 0 Å². The Morgan fingerprint density at radius 2 is 1.31 bits per heavy atom. The number of anilines is 6. The van der Waals surface area contributed by atoms with Crippen LogP contribution < -0.4 is 9.80 Å². The summed E-state index contributed by atoms with van der Waals surface area (Å²) in [5.41, 5.74) is 15.4. The molecule has 0 unspecified atom stereocenters. The van der Waals surface area contributed by atoms with Crippen molar-refractivity contribution >= 4 is 61.2 Å². The highest BCUT2D eigenvalue weighted by atomic mass is 15.2. The molecule has 0 radical (unpaired) electrons. The fraction of sp³-hybridized carbons (Fsp3) is 0.0870. The van der Waals surface area contributed by atoms with Gasteiger partial charge in [0, 0.05) is 39.1 Å². The van der Waals surface area contributed by atoms with Gasteiger partial charge < -0.3 is 9.80 Å². The van der Waals surface area contributed by atoms with Crippen LogP contribution in [-0.4, -0.2) is 0 Å². The van der Waals surface area contributed by atoms with E-state index >= 15 is 0 Å². The first kappa shape index (κ1) is 27.3. The summed E-state index contributed by atoms with van der Waals surface area (Å²) in [5.74, 6) is 0. The summed E-state index contributed by atoms with van der Waals surface area (Å²) in [7, 11) is 0. The summed E-state index contributed by atoms with van der Waals surface area (Å²) in [5, 5.41) is 5.10. The SMILES string of the molecule is CC1(C)C2=C(C=CC2)c2ccc(N(c3ccccc3)c3ccc(N4c5ccc6ccccc6c5-c5cccc6cccc4c56)cc3)cc21. The van der Waals surface area contributed by atoms with Gasteiger partial charge in [0.05, 0.1) is 11.4 Å². The minimum Gasteiger partial charge on any atom is -0.310 e. The van der Waals surface area contributed by atoms with Crippen molar-refractivity contribution in [3.05, 3.63) is 174 Å². The summed E-state index contributed by atoms with van der Waals surface area (Å²) >= 11 is 0. The van der Waals surface area contributed by atoms with Crippen LogP contribution >= 0.6 is 0 Å². The van der Waals surface area contributed by atoms with Gasteiger partial charge in [0.15, 0.2) is 0 Å². The van der Waals surface area contributed by atoms with Crippen LogP contribution in [0.5, 0.6) is 0 Å². The molecule has 0 saturated heterocycles. The number of rotatable bonds is 4. The lowest BCUT2D eigenvalue weighted by atomic mass is 9.80. The molecule has 2 aliphatic carbocycles. The fourth-order valence-corrected chi connectivity index (χ4v) is 8.56. The van der Waals surface area contributed by atoms with Crippen molar-refractivity contribution < 1.29 is 0 Å². The van der Waals surface area contributed by atoms with Crippen LogP contribution in [0.1, 0.15) is 31.4 Å². The molecule has 0 N–H and O–H groups in total. The maximum Gasteiger partial charge on any atom is 0.0547 e. The van der Waals surface area contributed by atoms with Crippen LogP contribution in [0.3, 0.4) is 0 Å². The maximum atomic E-state index is 2.45. The van der Waals surface area contributed by atoms with Crippen molar-refractivity contribution in [1.29, 1.82) is 0 Å². The molecule has 7 aromatic rings. The Morgan fingerprint density at radius 3 is 2.17 bits per heavy atom. The van der Waals surface area contributed by atoms with E-state index in [0.29, 0.717) is 0 Å². The number of fused-ring (bicyclic) bond motifs is 6. The van der Waals surface area contributed by atoms with Crippen molar-refractivity contribution in [3.8, 4) is 11.1 Å². The second-order valence-corrected chi connectivity index (χ2v) is 13.7. The van der Waals surface area contributed by atoms with Gasteiger partial charge in [0.2, 0.25) is 0 Å². The largest absolute Gasteiger partial charge is 0.310 e. The number of benzene rings is 7. The van der Waals surface area contributed by atoms with E-state index in [1.54, 1.807) is 0 Å². The Morgan fingerprint density at radius 1 is 0.583 bits per heavy atom. The summed E-state index contributed by atoms with van der Waals surface area (Å²) in [6, 6.07) is 53.6. The van der Waals surface area contributed by atoms with Gasteiger partial charge >= 0.3 is 0 Å². The van der Waals surface area contributed by atoms with Gasteiger partial charge in [-0.15, -0.1) is 0 Å². The quantitative estimate of drug-likeness (QED) is 0.195. The third-order valence-corrected chi connectivity index (χ3v) is 10.8. The summed E-state index contributed by atoms with van der Waals surface area (Å²) in [6.07, 6.45) is 5.67. The Balaban J connectivity index is 1.13. The van der Waals surface area contributed by atoms with Gasteiger partial charge in [-0.05, 0) is 111 Å². The Labute approximate surface area is 281 Å². The van der Waals surface area contributed by atoms with Crippen molar-refractivity contribution in [2.45, 2.75) is 25.7 Å². The Hall–Kier alpha value is -5.86. The Kier molecular flexibility index (Phi) is 5.72. The van der Waals surface area contributed by atoms with Crippen LogP contribution in [0.2, 0.25) is 0 Å². The molecule has 2 heteroatoms. The third-order valence-electron chi connectivity index (χ3n) is 10.8. The average Bonchev–Trinajstić information content (AvgIpc) is 3.71. The van der Waals surface area contributed by atoms with E-state index in [1.807, 2.05) is 0 Å². The number of hydrogen-bond donors (Lipinski definition) is 0. The van der Waals surface area contributed by atoms with Gasteiger partial charge in [0.1, 0.15) is 0 Å². The van der Waals surface area contributed by atoms with Crippen LogP contribution in [0.25, 0.3) is 38.2 Å².